The molecule has 0 radical (unpaired) electrons. The molecule has 0 saturated heterocycles. The minimum absolute atomic E-state index is 0.0474. The van der Waals surface area contributed by atoms with Crippen LogP contribution in [0.25, 0.3) is 0 Å². The molecular formula is C15H14FN3O3S. The zero-order valence-corrected chi connectivity index (χ0v) is 12.9. The Balaban J connectivity index is 1.60. The van der Waals surface area contributed by atoms with Crippen molar-refractivity contribution in [3.63, 3.8) is 0 Å². The lowest BCUT2D eigenvalue weighted by atomic mass is 10.1. The maximum atomic E-state index is 13.8. The zero-order chi connectivity index (χ0) is 16.4. The Hall–Kier alpha value is -2.48. The Labute approximate surface area is 135 Å². The third-order valence-electron chi connectivity index (χ3n) is 3.75. The van der Waals surface area contributed by atoms with Crippen molar-refractivity contribution in [2.24, 2.45) is 0 Å². The molecule has 0 atom stereocenters. The second kappa shape index (κ2) is 6.33. The Bertz CT molecular complexity index is 762. The van der Waals surface area contributed by atoms with Crippen LogP contribution in [0.5, 0.6) is 0 Å². The van der Waals surface area contributed by atoms with Gasteiger partial charge >= 0.3 is 0 Å². The Morgan fingerprint density at radius 2 is 2.26 bits per heavy atom. The van der Waals surface area contributed by atoms with E-state index in [0.717, 1.165) is 18.1 Å². The van der Waals surface area contributed by atoms with Crippen LogP contribution in [-0.4, -0.2) is 28.8 Å². The normalized spacial score (nSPS) is 13.5. The summed E-state index contributed by atoms with van der Waals surface area (Å²) in [6, 6.07) is 5.33. The van der Waals surface area contributed by atoms with Crippen LogP contribution in [0.3, 0.4) is 0 Å². The molecule has 1 aliphatic heterocycles. The highest BCUT2D eigenvalue weighted by Crippen LogP contribution is 2.24. The van der Waals surface area contributed by atoms with Crippen molar-refractivity contribution in [2.45, 2.75) is 13.0 Å². The van der Waals surface area contributed by atoms with Gasteiger partial charge in [-0.15, -0.1) is 11.3 Å². The monoisotopic (exact) mass is 335 g/mol. The molecular weight excluding hydrogens is 321 g/mol. The molecule has 1 aliphatic rings. The van der Waals surface area contributed by atoms with Crippen LogP contribution < -0.4 is 5.32 Å². The molecule has 0 unspecified atom stereocenters. The van der Waals surface area contributed by atoms with Crippen molar-refractivity contribution in [3.8, 4) is 0 Å². The van der Waals surface area contributed by atoms with E-state index in [2.05, 4.69) is 5.32 Å². The van der Waals surface area contributed by atoms with E-state index in [1.54, 1.807) is 16.2 Å². The third-order valence-corrected chi connectivity index (χ3v) is 4.78. The number of thiophene rings is 1. The van der Waals surface area contributed by atoms with Crippen LogP contribution >= 0.6 is 11.3 Å². The fourth-order valence-electron chi connectivity index (χ4n) is 2.50. The molecule has 2 heterocycles. The molecule has 1 N–H and O–H groups in total. The minimum Gasteiger partial charge on any atom is -0.374 e. The summed E-state index contributed by atoms with van der Waals surface area (Å²) in [4.78, 5) is 25.2. The SMILES string of the molecule is O=C(CNc1ccc([N+](=O)[O-])cc1F)N1CCc2sccc2C1. The summed E-state index contributed by atoms with van der Waals surface area (Å²) in [7, 11) is 0. The summed E-state index contributed by atoms with van der Waals surface area (Å²) < 4.78 is 13.8. The van der Waals surface area contributed by atoms with Gasteiger partial charge in [0.1, 0.15) is 0 Å². The number of nitrogens with one attached hydrogen (secondary N) is 1. The number of nitro benzene ring substituents is 1. The number of hydrogen-bond acceptors (Lipinski definition) is 5. The average Bonchev–Trinajstić information content (AvgIpc) is 3.00. The van der Waals surface area contributed by atoms with Gasteiger partial charge in [0.2, 0.25) is 5.91 Å². The topological polar surface area (TPSA) is 75.5 Å². The molecule has 6 nitrogen and oxygen atoms in total. The van der Waals surface area contributed by atoms with Crippen LogP contribution in [0.2, 0.25) is 0 Å². The summed E-state index contributed by atoms with van der Waals surface area (Å²) in [5, 5.41) is 15.3. The number of amides is 1. The van der Waals surface area contributed by atoms with E-state index in [4.69, 9.17) is 0 Å². The van der Waals surface area contributed by atoms with E-state index in [-0.39, 0.29) is 23.8 Å². The van der Waals surface area contributed by atoms with E-state index < -0.39 is 10.7 Å². The minimum atomic E-state index is -0.745. The number of nitro groups is 1. The Kier molecular flexibility index (Phi) is 4.24. The molecule has 0 aliphatic carbocycles. The highest BCUT2D eigenvalue weighted by Gasteiger charge is 2.21. The first kappa shape index (κ1) is 15.4. The van der Waals surface area contributed by atoms with Gasteiger partial charge in [-0.05, 0) is 29.5 Å². The summed E-state index contributed by atoms with van der Waals surface area (Å²) in [5.41, 5.74) is 0.925. The molecule has 120 valence electrons. The van der Waals surface area contributed by atoms with Gasteiger partial charge in [-0.3, -0.25) is 14.9 Å². The number of anilines is 1. The van der Waals surface area contributed by atoms with E-state index >= 15 is 0 Å². The van der Waals surface area contributed by atoms with Crippen LogP contribution in [-0.2, 0) is 17.8 Å². The molecule has 3 rings (SSSR count). The first-order chi connectivity index (χ1) is 11.0. The van der Waals surface area contributed by atoms with Crippen molar-refractivity contribution >= 4 is 28.6 Å². The largest absolute Gasteiger partial charge is 0.374 e. The number of carbonyl (C=O) groups excluding carboxylic acids is 1. The number of rotatable bonds is 4. The molecule has 2 aromatic rings. The molecule has 1 amide bonds. The summed E-state index contributed by atoms with van der Waals surface area (Å²) in [5.74, 6) is -0.870. The quantitative estimate of drug-likeness (QED) is 0.688. The van der Waals surface area contributed by atoms with Gasteiger partial charge in [-0.2, -0.15) is 0 Å². The summed E-state index contributed by atoms with van der Waals surface area (Å²) in [6.45, 7) is 1.17. The van der Waals surface area contributed by atoms with Crippen LogP contribution in [0.1, 0.15) is 10.4 Å². The molecule has 0 fully saturated rings. The highest BCUT2D eigenvalue weighted by atomic mass is 32.1. The fourth-order valence-corrected chi connectivity index (χ4v) is 3.39. The molecule has 23 heavy (non-hydrogen) atoms. The lowest BCUT2D eigenvalue weighted by Crippen LogP contribution is -2.38. The van der Waals surface area contributed by atoms with Crippen molar-refractivity contribution in [2.75, 3.05) is 18.4 Å². The smallest absolute Gasteiger partial charge is 0.272 e. The van der Waals surface area contributed by atoms with Gasteiger partial charge < -0.3 is 10.2 Å². The van der Waals surface area contributed by atoms with Gasteiger partial charge in [-0.1, -0.05) is 0 Å². The second-order valence-electron chi connectivity index (χ2n) is 5.21. The van der Waals surface area contributed by atoms with E-state index in [9.17, 15) is 19.3 Å². The van der Waals surface area contributed by atoms with E-state index in [0.29, 0.717) is 13.1 Å². The predicted molar refractivity (Wildman–Crippen MR) is 85.0 cm³/mol. The third kappa shape index (κ3) is 3.31. The molecule has 0 bridgehead atoms. The van der Waals surface area contributed by atoms with Gasteiger partial charge in [-0.25, -0.2) is 4.39 Å². The van der Waals surface area contributed by atoms with Gasteiger partial charge in [0, 0.05) is 24.0 Å². The number of nitrogens with zero attached hydrogens (tertiary/aromatic N) is 2. The molecule has 0 saturated carbocycles. The van der Waals surface area contributed by atoms with Gasteiger partial charge in [0.15, 0.2) is 5.82 Å². The maximum Gasteiger partial charge on any atom is 0.272 e. The number of fused-ring (bicyclic) bond motifs is 1. The van der Waals surface area contributed by atoms with Gasteiger partial charge in [0.05, 0.1) is 23.2 Å². The van der Waals surface area contributed by atoms with Crippen molar-refractivity contribution < 1.29 is 14.1 Å². The summed E-state index contributed by atoms with van der Waals surface area (Å²) in [6.07, 6.45) is 0.838. The fraction of sp³-hybridized carbons (Fsp3) is 0.267. The maximum absolute atomic E-state index is 13.8. The van der Waals surface area contributed by atoms with Crippen LogP contribution in [0.4, 0.5) is 15.8 Å². The Morgan fingerprint density at radius 1 is 1.43 bits per heavy atom. The molecule has 1 aromatic heterocycles. The first-order valence-electron chi connectivity index (χ1n) is 7.05. The second-order valence-corrected chi connectivity index (χ2v) is 6.21. The lowest BCUT2D eigenvalue weighted by Gasteiger charge is -2.27. The van der Waals surface area contributed by atoms with Crippen LogP contribution in [0, 0.1) is 15.9 Å². The first-order valence-corrected chi connectivity index (χ1v) is 7.93. The average molecular weight is 335 g/mol. The summed E-state index contributed by atoms with van der Waals surface area (Å²) >= 11 is 1.70. The highest BCUT2D eigenvalue weighted by molar-refractivity contribution is 7.10. The number of carbonyl (C=O) groups is 1. The Morgan fingerprint density at radius 3 is 3.00 bits per heavy atom. The number of halogens is 1. The molecule has 1 aromatic carbocycles. The predicted octanol–water partition coefficient (Wildman–Crippen LogP) is 2.79. The van der Waals surface area contributed by atoms with E-state index in [1.165, 1.54) is 17.0 Å². The standard InChI is InChI=1S/C15H14FN3O3S/c16-12-7-11(19(21)22)1-2-13(12)17-8-15(20)18-5-3-14-10(9-18)4-6-23-14/h1-2,4,6-7,17H,3,5,8-9H2. The lowest BCUT2D eigenvalue weighted by molar-refractivity contribution is -0.385. The van der Waals surface area contributed by atoms with E-state index in [1.807, 2.05) is 11.4 Å². The van der Waals surface area contributed by atoms with Crippen LogP contribution in [0.15, 0.2) is 29.6 Å². The van der Waals surface area contributed by atoms with Gasteiger partial charge in [0.25, 0.3) is 5.69 Å². The molecule has 0 spiro atoms. The van der Waals surface area contributed by atoms with Crippen molar-refractivity contribution in [1.82, 2.24) is 4.90 Å². The number of benzene rings is 1. The van der Waals surface area contributed by atoms with Crippen molar-refractivity contribution in [3.05, 3.63) is 56.0 Å². The number of non-ortho nitro benzene ring substituents is 1. The zero-order valence-electron chi connectivity index (χ0n) is 12.1. The number of hydrogen-bond donors (Lipinski definition) is 1. The molecule has 8 heteroatoms. The van der Waals surface area contributed by atoms with Crippen molar-refractivity contribution in [1.29, 1.82) is 0 Å².